The van der Waals surface area contributed by atoms with Gasteiger partial charge in [0.15, 0.2) is 0 Å². The summed E-state index contributed by atoms with van der Waals surface area (Å²) in [6.45, 7) is 3.58. The number of carbonyl (C=O) groups excluding carboxylic acids is 1. The van der Waals surface area contributed by atoms with Gasteiger partial charge in [-0.05, 0) is 26.0 Å². The average Bonchev–Trinajstić information content (AvgIpc) is 2.63. The molecule has 0 radical (unpaired) electrons. The van der Waals surface area contributed by atoms with E-state index in [1.54, 1.807) is 13.0 Å². The van der Waals surface area contributed by atoms with E-state index in [9.17, 15) is 4.79 Å². The maximum Gasteiger partial charge on any atom is 0.230 e. The Morgan fingerprint density at radius 3 is 2.62 bits per heavy atom. The van der Waals surface area contributed by atoms with Gasteiger partial charge < -0.3 is 11.1 Å². The van der Waals surface area contributed by atoms with Crippen LogP contribution in [0.15, 0.2) is 12.1 Å². The van der Waals surface area contributed by atoms with E-state index in [4.69, 9.17) is 29.6 Å². The van der Waals surface area contributed by atoms with E-state index in [1.807, 2.05) is 13.0 Å². The lowest BCUT2D eigenvalue weighted by molar-refractivity contribution is -0.123. The van der Waals surface area contributed by atoms with Gasteiger partial charge in [-0.15, -0.1) is 11.3 Å². The Morgan fingerprint density at radius 1 is 1.56 bits per heavy atom. The Kier molecular flexibility index (Phi) is 4.70. The molecule has 0 aliphatic heterocycles. The van der Waals surface area contributed by atoms with Crippen LogP contribution in [0.4, 0.5) is 0 Å². The molecule has 1 aromatic rings. The van der Waals surface area contributed by atoms with Crippen LogP contribution in [0.2, 0.25) is 4.34 Å². The van der Waals surface area contributed by atoms with E-state index in [-0.39, 0.29) is 16.9 Å². The highest BCUT2D eigenvalue weighted by Crippen LogP contribution is 2.26. The van der Waals surface area contributed by atoms with Gasteiger partial charge in [-0.2, -0.15) is 0 Å². The predicted octanol–water partition coefficient (Wildman–Crippen LogP) is 2.50. The van der Waals surface area contributed by atoms with Crippen molar-refractivity contribution >= 4 is 46.1 Å². The second-order valence-electron chi connectivity index (χ2n) is 3.50. The number of hydrogen-bond acceptors (Lipinski definition) is 3. The molecule has 0 saturated carbocycles. The first-order valence-corrected chi connectivity index (χ1v) is 6.37. The number of carbonyl (C=O) groups is 1. The Morgan fingerprint density at radius 2 is 2.19 bits per heavy atom. The van der Waals surface area contributed by atoms with Crippen LogP contribution >= 0.6 is 35.2 Å². The van der Waals surface area contributed by atoms with Crippen LogP contribution < -0.4 is 11.1 Å². The fourth-order valence-corrected chi connectivity index (χ4v) is 2.27. The number of thiocarbonyl (C=S) groups is 1. The summed E-state index contributed by atoms with van der Waals surface area (Å²) in [4.78, 5) is 12.9. The third kappa shape index (κ3) is 3.43. The molecule has 3 N–H and O–H groups in total. The second kappa shape index (κ2) is 5.61. The lowest BCUT2D eigenvalue weighted by atomic mass is 10.1. The molecule has 16 heavy (non-hydrogen) atoms. The van der Waals surface area contributed by atoms with Crippen molar-refractivity contribution in [1.29, 1.82) is 0 Å². The minimum Gasteiger partial charge on any atom is -0.393 e. The van der Waals surface area contributed by atoms with E-state index < -0.39 is 5.92 Å². The van der Waals surface area contributed by atoms with Gasteiger partial charge in [0.25, 0.3) is 0 Å². The first-order chi connectivity index (χ1) is 7.41. The molecule has 2 atom stereocenters. The number of thiophene rings is 1. The molecule has 0 fully saturated rings. The third-order valence-electron chi connectivity index (χ3n) is 2.20. The predicted molar refractivity (Wildman–Crippen MR) is 71.8 cm³/mol. The molecular formula is C10H13ClN2OS2. The van der Waals surface area contributed by atoms with Crippen LogP contribution in [-0.2, 0) is 4.79 Å². The smallest absolute Gasteiger partial charge is 0.230 e. The van der Waals surface area contributed by atoms with Crippen molar-refractivity contribution in [3.05, 3.63) is 21.3 Å². The SMILES string of the molecule is CC(C(=O)NC(C)c1ccc(Cl)s1)C(N)=S. The van der Waals surface area contributed by atoms with E-state index in [2.05, 4.69) is 5.32 Å². The van der Waals surface area contributed by atoms with Gasteiger partial charge in [-0.25, -0.2) is 0 Å². The average molecular weight is 277 g/mol. The molecule has 1 aromatic heterocycles. The quantitative estimate of drug-likeness (QED) is 0.831. The molecule has 0 spiro atoms. The van der Waals surface area contributed by atoms with Gasteiger partial charge in [-0.3, -0.25) is 4.79 Å². The van der Waals surface area contributed by atoms with Gasteiger partial charge >= 0.3 is 0 Å². The first-order valence-electron chi connectivity index (χ1n) is 4.76. The summed E-state index contributed by atoms with van der Waals surface area (Å²) in [5.74, 6) is -0.614. The summed E-state index contributed by atoms with van der Waals surface area (Å²) in [7, 11) is 0. The van der Waals surface area contributed by atoms with Crippen LogP contribution in [-0.4, -0.2) is 10.9 Å². The molecule has 0 bridgehead atoms. The zero-order valence-electron chi connectivity index (χ0n) is 8.99. The van der Waals surface area contributed by atoms with Crippen molar-refractivity contribution < 1.29 is 4.79 Å². The third-order valence-corrected chi connectivity index (χ3v) is 3.97. The highest BCUT2D eigenvalue weighted by Gasteiger charge is 2.18. The highest BCUT2D eigenvalue weighted by atomic mass is 35.5. The summed E-state index contributed by atoms with van der Waals surface area (Å²) in [5, 5.41) is 2.84. The number of nitrogens with one attached hydrogen (secondary N) is 1. The van der Waals surface area contributed by atoms with Crippen molar-refractivity contribution in [2.24, 2.45) is 11.7 Å². The molecule has 1 rings (SSSR count). The fraction of sp³-hybridized carbons (Fsp3) is 0.400. The maximum absolute atomic E-state index is 11.7. The summed E-state index contributed by atoms with van der Waals surface area (Å²) in [5.41, 5.74) is 5.41. The van der Waals surface area contributed by atoms with Crippen LogP contribution in [0.1, 0.15) is 24.8 Å². The van der Waals surface area contributed by atoms with E-state index in [1.165, 1.54) is 11.3 Å². The molecule has 0 aliphatic carbocycles. The van der Waals surface area contributed by atoms with Gasteiger partial charge in [0.05, 0.1) is 21.3 Å². The minimum atomic E-state index is -0.451. The Balaban J connectivity index is 2.61. The van der Waals surface area contributed by atoms with Gasteiger partial charge in [0, 0.05) is 4.88 Å². The lowest BCUT2D eigenvalue weighted by Gasteiger charge is -2.15. The van der Waals surface area contributed by atoms with Gasteiger partial charge in [0.2, 0.25) is 5.91 Å². The normalized spacial score (nSPS) is 14.2. The minimum absolute atomic E-state index is 0.0817. The van der Waals surface area contributed by atoms with Crippen LogP contribution in [0.25, 0.3) is 0 Å². The summed E-state index contributed by atoms with van der Waals surface area (Å²) >= 11 is 12.0. The molecule has 1 amide bonds. The molecular weight excluding hydrogens is 264 g/mol. The fourth-order valence-electron chi connectivity index (χ4n) is 1.10. The molecule has 88 valence electrons. The number of halogens is 1. The van der Waals surface area contributed by atoms with Crippen LogP contribution in [0.5, 0.6) is 0 Å². The van der Waals surface area contributed by atoms with E-state index in [0.29, 0.717) is 4.34 Å². The van der Waals surface area contributed by atoms with Crippen LogP contribution in [0.3, 0.4) is 0 Å². The highest BCUT2D eigenvalue weighted by molar-refractivity contribution is 7.80. The standard InChI is InChI=1S/C10H13ClN2OS2/c1-5(9(12)15)10(14)13-6(2)7-3-4-8(11)16-7/h3-6H,1-2H3,(H2,12,15)(H,13,14). The van der Waals surface area contributed by atoms with Crippen molar-refractivity contribution in [2.45, 2.75) is 19.9 Å². The zero-order valence-corrected chi connectivity index (χ0v) is 11.4. The first kappa shape index (κ1) is 13.4. The number of nitrogens with two attached hydrogens (primary N) is 1. The van der Waals surface area contributed by atoms with Crippen molar-refractivity contribution in [3.63, 3.8) is 0 Å². The van der Waals surface area contributed by atoms with E-state index in [0.717, 1.165) is 4.88 Å². The Labute approximate surface area is 109 Å². The summed E-state index contributed by atoms with van der Waals surface area (Å²) < 4.78 is 0.707. The molecule has 3 nitrogen and oxygen atoms in total. The largest absolute Gasteiger partial charge is 0.393 e. The molecule has 0 aliphatic rings. The molecule has 0 saturated heterocycles. The Hall–Kier alpha value is -0.650. The molecule has 0 aromatic carbocycles. The van der Waals surface area contributed by atoms with Crippen LogP contribution in [0, 0.1) is 5.92 Å². The van der Waals surface area contributed by atoms with Gasteiger partial charge in [0.1, 0.15) is 0 Å². The van der Waals surface area contributed by atoms with Gasteiger partial charge in [-0.1, -0.05) is 23.8 Å². The van der Waals surface area contributed by atoms with Crippen molar-refractivity contribution in [2.75, 3.05) is 0 Å². The molecule has 1 heterocycles. The maximum atomic E-state index is 11.7. The molecule has 6 heteroatoms. The monoisotopic (exact) mass is 276 g/mol. The van der Waals surface area contributed by atoms with Crippen molar-refractivity contribution in [3.8, 4) is 0 Å². The van der Waals surface area contributed by atoms with Crippen molar-refractivity contribution in [1.82, 2.24) is 5.32 Å². The molecule has 2 unspecified atom stereocenters. The lowest BCUT2D eigenvalue weighted by Crippen LogP contribution is -2.37. The number of hydrogen-bond donors (Lipinski definition) is 2. The Bertz CT molecular complexity index is 405. The topological polar surface area (TPSA) is 55.1 Å². The zero-order chi connectivity index (χ0) is 12.3. The summed E-state index contributed by atoms with van der Waals surface area (Å²) in [6.07, 6.45) is 0. The van der Waals surface area contributed by atoms with E-state index >= 15 is 0 Å². The summed E-state index contributed by atoms with van der Waals surface area (Å²) in [6, 6.07) is 3.62. The number of amides is 1. The number of rotatable bonds is 4. The second-order valence-corrected chi connectivity index (χ2v) is 5.71.